The molecule has 0 aliphatic carbocycles. The molecule has 2 aromatic carbocycles. The summed E-state index contributed by atoms with van der Waals surface area (Å²) < 4.78 is 12.0. The molecule has 0 saturated carbocycles. The van der Waals surface area contributed by atoms with Crippen LogP contribution in [0.1, 0.15) is 48.3 Å². The first-order valence-corrected chi connectivity index (χ1v) is 11.9. The van der Waals surface area contributed by atoms with Crippen molar-refractivity contribution in [2.24, 2.45) is 0 Å². The van der Waals surface area contributed by atoms with Crippen LogP contribution >= 0.6 is 0 Å². The average molecular weight is 465 g/mol. The first-order valence-electron chi connectivity index (χ1n) is 11.9. The van der Waals surface area contributed by atoms with Gasteiger partial charge in [-0.15, -0.1) is 0 Å². The third-order valence-corrected chi connectivity index (χ3v) is 6.21. The Morgan fingerprint density at radius 1 is 1.12 bits per heavy atom. The molecule has 0 bridgehead atoms. The van der Waals surface area contributed by atoms with Crippen LogP contribution in [0.4, 0.5) is 0 Å². The normalized spacial score (nSPS) is 20.1. The molecule has 2 atom stereocenters. The smallest absolute Gasteiger partial charge is 0.286 e. The molecular weight excluding hydrogens is 432 g/mol. The lowest BCUT2D eigenvalue weighted by Gasteiger charge is -2.29. The Bertz CT molecular complexity index is 990. The highest BCUT2D eigenvalue weighted by molar-refractivity contribution is 5.91. The predicted molar refractivity (Wildman–Crippen MR) is 127 cm³/mol. The molecule has 2 heterocycles. The van der Waals surface area contributed by atoms with Gasteiger partial charge in [0.05, 0.1) is 13.2 Å². The van der Waals surface area contributed by atoms with Crippen molar-refractivity contribution in [1.82, 2.24) is 10.2 Å². The first-order chi connectivity index (χ1) is 16.6. The number of amides is 2. The fraction of sp³-hybridized carbons (Fsp3) is 0.407. The molecule has 2 aromatic rings. The Hall–Kier alpha value is -3.16. The third kappa shape index (κ3) is 6.46. The van der Waals surface area contributed by atoms with Gasteiger partial charge >= 0.3 is 0 Å². The molecular formula is C27H32N2O5. The van der Waals surface area contributed by atoms with Gasteiger partial charge in [-0.3, -0.25) is 9.59 Å². The molecule has 4 rings (SSSR count). The van der Waals surface area contributed by atoms with Crippen LogP contribution in [0.15, 0.2) is 66.4 Å². The molecule has 180 valence electrons. The zero-order valence-electron chi connectivity index (χ0n) is 19.3. The van der Waals surface area contributed by atoms with Crippen molar-refractivity contribution in [3.8, 4) is 0 Å². The molecule has 2 amide bonds. The fourth-order valence-electron chi connectivity index (χ4n) is 4.28. The minimum atomic E-state index is -0.560. The lowest BCUT2D eigenvalue weighted by molar-refractivity contribution is -0.150. The van der Waals surface area contributed by atoms with Crippen LogP contribution in [0.3, 0.4) is 0 Å². The van der Waals surface area contributed by atoms with Crippen LogP contribution < -0.4 is 5.32 Å². The van der Waals surface area contributed by atoms with E-state index in [9.17, 15) is 14.7 Å². The Labute approximate surface area is 200 Å². The Morgan fingerprint density at radius 2 is 1.88 bits per heavy atom. The number of hydrogen-bond donors (Lipinski definition) is 2. The van der Waals surface area contributed by atoms with Crippen LogP contribution in [0.25, 0.3) is 0 Å². The summed E-state index contributed by atoms with van der Waals surface area (Å²) in [5, 5.41) is 12.1. The molecule has 34 heavy (non-hydrogen) atoms. The number of ether oxygens (including phenoxy) is 2. The van der Waals surface area contributed by atoms with Gasteiger partial charge in [-0.25, -0.2) is 0 Å². The second-order valence-corrected chi connectivity index (χ2v) is 8.71. The van der Waals surface area contributed by atoms with E-state index in [2.05, 4.69) is 5.32 Å². The van der Waals surface area contributed by atoms with E-state index in [-0.39, 0.29) is 30.1 Å². The van der Waals surface area contributed by atoms with E-state index >= 15 is 0 Å². The Kier molecular flexibility index (Phi) is 8.33. The van der Waals surface area contributed by atoms with Crippen molar-refractivity contribution in [2.45, 2.75) is 51.1 Å². The minimum absolute atomic E-state index is 0.000290. The number of allylic oxidation sites excluding steroid dienone is 1. The summed E-state index contributed by atoms with van der Waals surface area (Å²) in [7, 11) is 0. The number of carbonyl (C=O) groups is 2. The maximum atomic E-state index is 12.9. The molecule has 7 heteroatoms. The summed E-state index contributed by atoms with van der Waals surface area (Å²) in [6.45, 7) is 2.29. The summed E-state index contributed by atoms with van der Waals surface area (Å²) in [6.07, 6.45) is 4.16. The first kappa shape index (κ1) is 24.0. The lowest BCUT2D eigenvalue weighted by Crippen LogP contribution is -2.34. The summed E-state index contributed by atoms with van der Waals surface area (Å²) in [5.74, 6) is 0.188. The average Bonchev–Trinajstić information content (AvgIpc) is 3.30. The SMILES string of the molecule is O=C(NCCCN1CCCC1=O)C1=CC(c2ccccc2)CC(OCc2ccc(CO)cc2)O1. The van der Waals surface area contributed by atoms with E-state index < -0.39 is 6.29 Å². The standard InChI is InChI=1S/C27H32N2O5/c30-18-20-9-11-21(12-10-20)19-33-26-17-23(22-6-2-1-3-7-22)16-24(34-26)27(32)28-13-5-15-29-14-4-8-25(29)31/h1-3,6-7,9-12,16,23,26,30H,4-5,8,13-15,17-19H2,(H,28,32). The van der Waals surface area contributed by atoms with Gasteiger partial charge in [-0.1, -0.05) is 54.6 Å². The van der Waals surface area contributed by atoms with Crippen LogP contribution in [-0.2, 0) is 32.3 Å². The van der Waals surface area contributed by atoms with Crippen LogP contribution in [0, 0.1) is 0 Å². The van der Waals surface area contributed by atoms with E-state index in [1.54, 1.807) is 0 Å². The predicted octanol–water partition coefficient (Wildman–Crippen LogP) is 3.24. The molecule has 0 spiro atoms. The van der Waals surface area contributed by atoms with Gasteiger partial charge in [0.15, 0.2) is 5.76 Å². The lowest BCUT2D eigenvalue weighted by atomic mass is 9.93. The van der Waals surface area contributed by atoms with Gasteiger partial charge in [0.25, 0.3) is 5.91 Å². The molecule has 0 aromatic heterocycles. The molecule has 2 aliphatic rings. The van der Waals surface area contributed by atoms with Gasteiger partial charge in [0.1, 0.15) is 0 Å². The second-order valence-electron chi connectivity index (χ2n) is 8.71. The van der Waals surface area contributed by atoms with Gasteiger partial charge in [0.2, 0.25) is 12.2 Å². The van der Waals surface area contributed by atoms with E-state index in [1.807, 2.05) is 65.6 Å². The summed E-state index contributed by atoms with van der Waals surface area (Å²) in [4.78, 5) is 26.5. The molecule has 2 unspecified atom stereocenters. The monoisotopic (exact) mass is 464 g/mol. The minimum Gasteiger partial charge on any atom is -0.459 e. The Morgan fingerprint density at radius 3 is 2.59 bits per heavy atom. The van der Waals surface area contributed by atoms with Crippen molar-refractivity contribution in [3.05, 3.63) is 83.1 Å². The molecule has 7 nitrogen and oxygen atoms in total. The third-order valence-electron chi connectivity index (χ3n) is 6.21. The maximum Gasteiger partial charge on any atom is 0.286 e. The van der Waals surface area contributed by atoms with Crippen LogP contribution in [0.2, 0.25) is 0 Å². The van der Waals surface area contributed by atoms with Crippen molar-refractivity contribution in [3.63, 3.8) is 0 Å². The number of likely N-dealkylation sites (tertiary alicyclic amines) is 1. The van der Waals surface area contributed by atoms with E-state index in [0.717, 1.165) is 29.7 Å². The van der Waals surface area contributed by atoms with Gasteiger partial charge in [-0.05, 0) is 35.6 Å². The fourth-order valence-corrected chi connectivity index (χ4v) is 4.28. The van der Waals surface area contributed by atoms with E-state index in [0.29, 0.717) is 39.0 Å². The molecule has 2 aliphatic heterocycles. The Balaban J connectivity index is 1.35. The van der Waals surface area contributed by atoms with E-state index in [1.165, 1.54) is 0 Å². The largest absolute Gasteiger partial charge is 0.459 e. The van der Waals surface area contributed by atoms with Gasteiger partial charge < -0.3 is 24.8 Å². The van der Waals surface area contributed by atoms with Crippen molar-refractivity contribution in [1.29, 1.82) is 0 Å². The number of aliphatic hydroxyl groups excluding tert-OH is 1. The summed E-state index contributed by atoms with van der Waals surface area (Å²) in [5.41, 5.74) is 2.91. The molecule has 1 saturated heterocycles. The van der Waals surface area contributed by atoms with Crippen molar-refractivity contribution >= 4 is 11.8 Å². The van der Waals surface area contributed by atoms with Gasteiger partial charge in [0, 0.05) is 38.4 Å². The number of benzene rings is 2. The molecule has 0 radical (unpaired) electrons. The van der Waals surface area contributed by atoms with Crippen molar-refractivity contribution in [2.75, 3.05) is 19.6 Å². The topological polar surface area (TPSA) is 88.1 Å². The quantitative estimate of drug-likeness (QED) is 0.527. The van der Waals surface area contributed by atoms with Crippen molar-refractivity contribution < 1.29 is 24.2 Å². The number of rotatable bonds is 10. The summed E-state index contributed by atoms with van der Waals surface area (Å²) in [6, 6.07) is 17.6. The molecule has 2 N–H and O–H groups in total. The zero-order chi connectivity index (χ0) is 23.8. The number of nitrogens with zero attached hydrogens (tertiary/aromatic N) is 1. The maximum absolute atomic E-state index is 12.9. The van der Waals surface area contributed by atoms with E-state index in [4.69, 9.17) is 9.47 Å². The zero-order valence-corrected chi connectivity index (χ0v) is 19.3. The number of carbonyl (C=O) groups excluding carboxylic acids is 2. The van der Waals surface area contributed by atoms with Crippen LogP contribution in [-0.4, -0.2) is 47.7 Å². The van der Waals surface area contributed by atoms with Crippen LogP contribution in [0.5, 0.6) is 0 Å². The van der Waals surface area contributed by atoms with Gasteiger partial charge in [-0.2, -0.15) is 0 Å². The highest BCUT2D eigenvalue weighted by Gasteiger charge is 2.29. The second kappa shape index (κ2) is 11.8. The highest BCUT2D eigenvalue weighted by atomic mass is 16.7. The highest BCUT2D eigenvalue weighted by Crippen LogP contribution is 2.31. The molecule has 1 fully saturated rings. The number of aliphatic hydroxyl groups is 1. The number of nitrogens with one attached hydrogen (secondary N) is 1. The number of hydrogen-bond acceptors (Lipinski definition) is 5. The summed E-state index contributed by atoms with van der Waals surface area (Å²) >= 11 is 0.